The molecule has 1 aromatic rings. The first kappa shape index (κ1) is 16.5. The molecule has 0 aliphatic carbocycles. The van der Waals surface area contributed by atoms with Crippen LogP contribution < -0.4 is 10.6 Å². The molecule has 0 aromatic heterocycles. The summed E-state index contributed by atoms with van der Waals surface area (Å²) in [7, 11) is 0. The molecule has 1 aromatic carbocycles. The van der Waals surface area contributed by atoms with Gasteiger partial charge in [0.2, 0.25) is 5.91 Å². The van der Waals surface area contributed by atoms with E-state index in [4.69, 9.17) is 23.2 Å². The third-order valence-electron chi connectivity index (χ3n) is 2.35. The summed E-state index contributed by atoms with van der Waals surface area (Å²) >= 11 is 11.6. The van der Waals surface area contributed by atoms with Crippen LogP contribution in [0.2, 0.25) is 10.0 Å². The Hall–Kier alpha value is -1.53. The van der Waals surface area contributed by atoms with Crippen molar-refractivity contribution in [2.45, 2.75) is 26.3 Å². The molecule has 8 heteroatoms. The molecule has 0 fully saturated rings. The molecule has 0 spiro atoms. The van der Waals surface area contributed by atoms with E-state index >= 15 is 0 Å². The number of nitrogens with zero attached hydrogens (tertiary/aromatic N) is 1. The Morgan fingerprint density at radius 1 is 1.35 bits per heavy atom. The molecule has 0 saturated carbocycles. The zero-order valence-electron chi connectivity index (χ0n) is 11.1. The Bertz CT molecular complexity index is 521. The maximum atomic E-state index is 11.5. The first-order valence-corrected chi connectivity index (χ1v) is 6.73. The van der Waals surface area contributed by atoms with Gasteiger partial charge in [0.25, 0.3) is 5.69 Å². The molecule has 0 saturated heterocycles. The summed E-state index contributed by atoms with van der Waals surface area (Å²) in [5, 5.41) is 16.8. The number of hydrogen-bond donors (Lipinski definition) is 2. The second-order valence-electron chi connectivity index (χ2n) is 4.44. The molecule has 20 heavy (non-hydrogen) atoms. The number of halogens is 2. The van der Waals surface area contributed by atoms with Gasteiger partial charge in [0, 0.05) is 25.1 Å². The Labute approximate surface area is 126 Å². The van der Waals surface area contributed by atoms with Crippen LogP contribution in [0.4, 0.5) is 11.4 Å². The minimum Gasteiger partial charge on any atom is -0.379 e. The molecule has 0 atom stereocenters. The number of benzene rings is 1. The van der Waals surface area contributed by atoms with Crippen LogP contribution in [0.1, 0.15) is 20.3 Å². The van der Waals surface area contributed by atoms with Gasteiger partial charge in [-0.3, -0.25) is 14.9 Å². The van der Waals surface area contributed by atoms with Crippen LogP contribution in [0.3, 0.4) is 0 Å². The minimum absolute atomic E-state index is 0.0572. The van der Waals surface area contributed by atoms with E-state index in [0.717, 1.165) is 0 Å². The SMILES string of the molecule is CC(C)NC(=O)CCNc1cc(Cl)c(Cl)cc1[N+](=O)[O-]. The van der Waals surface area contributed by atoms with Crippen LogP contribution in [0.15, 0.2) is 12.1 Å². The second kappa shape index (κ2) is 7.31. The molecule has 0 heterocycles. The van der Waals surface area contributed by atoms with Gasteiger partial charge >= 0.3 is 0 Å². The number of rotatable bonds is 6. The Morgan fingerprint density at radius 2 is 1.95 bits per heavy atom. The van der Waals surface area contributed by atoms with Gasteiger partial charge in [-0.2, -0.15) is 0 Å². The Balaban J connectivity index is 2.70. The fourth-order valence-corrected chi connectivity index (χ4v) is 1.86. The topological polar surface area (TPSA) is 84.3 Å². The minimum atomic E-state index is -0.557. The third-order valence-corrected chi connectivity index (χ3v) is 3.07. The van der Waals surface area contributed by atoms with E-state index in [1.54, 1.807) is 0 Å². The van der Waals surface area contributed by atoms with Crippen molar-refractivity contribution in [3.8, 4) is 0 Å². The van der Waals surface area contributed by atoms with Crippen molar-refractivity contribution >= 4 is 40.5 Å². The third kappa shape index (κ3) is 4.86. The lowest BCUT2D eigenvalue weighted by atomic mass is 10.2. The van der Waals surface area contributed by atoms with Crippen molar-refractivity contribution in [1.29, 1.82) is 0 Å². The van der Waals surface area contributed by atoms with E-state index in [9.17, 15) is 14.9 Å². The maximum Gasteiger partial charge on any atom is 0.293 e. The smallest absolute Gasteiger partial charge is 0.293 e. The molecule has 2 N–H and O–H groups in total. The quantitative estimate of drug-likeness (QED) is 0.622. The zero-order chi connectivity index (χ0) is 15.3. The van der Waals surface area contributed by atoms with Crippen LogP contribution in [0, 0.1) is 10.1 Å². The van der Waals surface area contributed by atoms with Crippen molar-refractivity contribution in [2.75, 3.05) is 11.9 Å². The molecule has 1 rings (SSSR count). The fourth-order valence-electron chi connectivity index (χ4n) is 1.53. The summed E-state index contributed by atoms with van der Waals surface area (Å²) < 4.78 is 0. The van der Waals surface area contributed by atoms with E-state index < -0.39 is 4.92 Å². The molecule has 1 amide bonds. The van der Waals surface area contributed by atoms with E-state index in [0.29, 0.717) is 0 Å². The number of carbonyl (C=O) groups is 1. The number of carbonyl (C=O) groups excluding carboxylic acids is 1. The van der Waals surface area contributed by atoms with E-state index in [1.165, 1.54) is 12.1 Å². The molecule has 0 radical (unpaired) electrons. The lowest BCUT2D eigenvalue weighted by Gasteiger charge is -2.10. The molecular formula is C12H15Cl2N3O3. The molecule has 110 valence electrons. The summed E-state index contributed by atoms with van der Waals surface area (Å²) in [5.41, 5.74) is 0.0606. The van der Waals surface area contributed by atoms with Crippen LogP contribution in [-0.4, -0.2) is 23.4 Å². The molecular weight excluding hydrogens is 305 g/mol. The van der Waals surface area contributed by atoms with Gasteiger partial charge in [-0.1, -0.05) is 23.2 Å². The average Bonchev–Trinajstić information content (AvgIpc) is 2.31. The highest BCUT2D eigenvalue weighted by Gasteiger charge is 2.17. The van der Waals surface area contributed by atoms with Crippen LogP contribution >= 0.6 is 23.2 Å². The Kier molecular flexibility index (Phi) is 6.04. The zero-order valence-corrected chi connectivity index (χ0v) is 12.6. The highest BCUT2D eigenvalue weighted by Crippen LogP contribution is 2.33. The standard InChI is InChI=1S/C12H15Cl2N3O3/c1-7(2)16-12(18)3-4-15-10-5-8(13)9(14)6-11(10)17(19)20/h5-7,15H,3-4H2,1-2H3,(H,16,18). The van der Waals surface area contributed by atoms with Crippen molar-refractivity contribution in [3.05, 3.63) is 32.3 Å². The second-order valence-corrected chi connectivity index (χ2v) is 5.25. The van der Waals surface area contributed by atoms with Crippen molar-refractivity contribution in [3.63, 3.8) is 0 Å². The predicted molar refractivity (Wildman–Crippen MR) is 79.5 cm³/mol. The van der Waals surface area contributed by atoms with Gasteiger partial charge in [-0.15, -0.1) is 0 Å². The highest BCUT2D eigenvalue weighted by molar-refractivity contribution is 6.42. The van der Waals surface area contributed by atoms with Gasteiger partial charge < -0.3 is 10.6 Å². The predicted octanol–water partition coefficient (Wildman–Crippen LogP) is 3.23. The fraction of sp³-hybridized carbons (Fsp3) is 0.417. The van der Waals surface area contributed by atoms with Gasteiger partial charge in [0.1, 0.15) is 5.69 Å². The number of nitro benzene ring substituents is 1. The normalized spacial score (nSPS) is 10.4. The summed E-state index contributed by atoms with van der Waals surface area (Å²) in [6.45, 7) is 3.97. The first-order valence-electron chi connectivity index (χ1n) is 5.98. The lowest BCUT2D eigenvalue weighted by Crippen LogP contribution is -2.31. The number of anilines is 1. The van der Waals surface area contributed by atoms with Crippen molar-refractivity contribution in [2.24, 2.45) is 0 Å². The molecule has 0 unspecified atom stereocenters. The summed E-state index contributed by atoms with van der Waals surface area (Å²) in [6, 6.07) is 2.62. The number of nitrogens with one attached hydrogen (secondary N) is 2. The average molecular weight is 320 g/mol. The van der Waals surface area contributed by atoms with Crippen molar-refractivity contribution < 1.29 is 9.72 Å². The monoisotopic (exact) mass is 319 g/mol. The van der Waals surface area contributed by atoms with Crippen LogP contribution in [0.25, 0.3) is 0 Å². The van der Waals surface area contributed by atoms with Gasteiger partial charge in [0.05, 0.1) is 15.0 Å². The van der Waals surface area contributed by atoms with Crippen molar-refractivity contribution in [1.82, 2.24) is 5.32 Å². The van der Waals surface area contributed by atoms with E-state index in [2.05, 4.69) is 10.6 Å². The van der Waals surface area contributed by atoms with Gasteiger partial charge in [-0.25, -0.2) is 0 Å². The van der Waals surface area contributed by atoms with Crippen LogP contribution in [-0.2, 0) is 4.79 Å². The Morgan fingerprint density at radius 3 is 2.50 bits per heavy atom. The number of amides is 1. The van der Waals surface area contributed by atoms with Crippen LogP contribution in [0.5, 0.6) is 0 Å². The summed E-state index contributed by atoms with van der Waals surface area (Å²) in [4.78, 5) is 21.8. The largest absolute Gasteiger partial charge is 0.379 e. The maximum absolute atomic E-state index is 11.5. The molecule has 6 nitrogen and oxygen atoms in total. The lowest BCUT2D eigenvalue weighted by molar-refractivity contribution is -0.383. The van der Waals surface area contributed by atoms with Gasteiger partial charge in [0.15, 0.2) is 0 Å². The number of nitro groups is 1. The molecule has 0 aliphatic rings. The van der Waals surface area contributed by atoms with Gasteiger partial charge in [-0.05, 0) is 19.9 Å². The van der Waals surface area contributed by atoms with E-state index in [-0.39, 0.29) is 46.3 Å². The molecule has 0 aliphatic heterocycles. The molecule has 0 bridgehead atoms. The summed E-state index contributed by atoms with van der Waals surface area (Å²) in [5.74, 6) is -0.129. The summed E-state index contributed by atoms with van der Waals surface area (Å²) in [6.07, 6.45) is 0.204. The highest BCUT2D eigenvalue weighted by atomic mass is 35.5. The number of hydrogen-bond acceptors (Lipinski definition) is 4. The van der Waals surface area contributed by atoms with E-state index in [1.807, 2.05) is 13.8 Å². The first-order chi connectivity index (χ1) is 9.31.